The summed E-state index contributed by atoms with van der Waals surface area (Å²) in [5, 5.41) is 3.31. The molecular formula is C26H26BrNO3. The number of aromatic nitrogens is 1. The van der Waals surface area contributed by atoms with Crippen molar-refractivity contribution in [2.75, 3.05) is 13.2 Å². The Labute approximate surface area is 190 Å². The molecule has 3 aromatic carbocycles. The van der Waals surface area contributed by atoms with Crippen molar-refractivity contribution in [2.24, 2.45) is 0 Å². The summed E-state index contributed by atoms with van der Waals surface area (Å²) in [7, 11) is 0. The molecule has 0 aliphatic carbocycles. The fourth-order valence-electron chi connectivity index (χ4n) is 4.04. The van der Waals surface area contributed by atoms with Gasteiger partial charge in [-0.3, -0.25) is 0 Å². The van der Waals surface area contributed by atoms with Crippen LogP contribution in [0.15, 0.2) is 59.1 Å². The lowest BCUT2D eigenvalue weighted by Gasteiger charge is -2.15. The van der Waals surface area contributed by atoms with Gasteiger partial charge in [0.15, 0.2) is 0 Å². The molecular weight excluding hydrogens is 454 g/mol. The molecule has 0 saturated carbocycles. The summed E-state index contributed by atoms with van der Waals surface area (Å²) in [5.41, 5.74) is 3.55. The Bertz CT molecular complexity index is 1240. The van der Waals surface area contributed by atoms with Crippen LogP contribution >= 0.6 is 15.9 Å². The third-order valence-electron chi connectivity index (χ3n) is 5.67. The van der Waals surface area contributed by atoms with E-state index < -0.39 is 0 Å². The molecule has 4 aromatic rings. The average molecular weight is 480 g/mol. The second-order valence-electron chi connectivity index (χ2n) is 7.77. The van der Waals surface area contributed by atoms with E-state index >= 15 is 0 Å². The van der Waals surface area contributed by atoms with Crippen molar-refractivity contribution in [1.82, 2.24) is 4.98 Å². The maximum absolute atomic E-state index is 12.7. The first-order valence-electron chi connectivity index (χ1n) is 10.6. The van der Waals surface area contributed by atoms with Crippen molar-refractivity contribution in [1.29, 1.82) is 0 Å². The van der Waals surface area contributed by atoms with Gasteiger partial charge in [-0.25, -0.2) is 4.79 Å². The van der Waals surface area contributed by atoms with Gasteiger partial charge in [0.25, 0.3) is 0 Å². The van der Waals surface area contributed by atoms with Crippen LogP contribution in [0.4, 0.5) is 0 Å². The molecule has 1 aromatic heterocycles. The molecule has 31 heavy (non-hydrogen) atoms. The predicted molar refractivity (Wildman–Crippen MR) is 129 cm³/mol. The number of aryl methyl sites for hydroxylation is 1. The van der Waals surface area contributed by atoms with Crippen molar-refractivity contribution in [3.05, 3.63) is 75.9 Å². The van der Waals surface area contributed by atoms with Gasteiger partial charge in [-0.2, -0.15) is 0 Å². The van der Waals surface area contributed by atoms with Gasteiger partial charge in [-0.05, 0) is 64.7 Å². The SMILES string of the molecule is CCOC(=O)c1[nH]c2c(Br)c(C)ccc2c1C(C)CCOc1cccc2ccccc12. The Balaban J connectivity index is 1.60. The summed E-state index contributed by atoms with van der Waals surface area (Å²) < 4.78 is 12.5. The summed E-state index contributed by atoms with van der Waals surface area (Å²) in [4.78, 5) is 16.0. The summed E-state index contributed by atoms with van der Waals surface area (Å²) in [5.74, 6) is 0.672. The van der Waals surface area contributed by atoms with E-state index in [1.807, 2.05) is 38.1 Å². The highest BCUT2D eigenvalue weighted by Crippen LogP contribution is 2.36. The first-order chi connectivity index (χ1) is 15.0. The van der Waals surface area contributed by atoms with Crippen LogP contribution in [0.1, 0.15) is 47.8 Å². The van der Waals surface area contributed by atoms with Gasteiger partial charge < -0.3 is 14.5 Å². The minimum absolute atomic E-state index is 0.109. The van der Waals surface area contributed by atoms with E-state index in [0.717, 1.165) is 49.4 Å². The molecule has 1 heterocycles. The molecule has 0 amide bonds. The van der Waals surface area contributed by atoms with Crippen LogP contribution in [0, 0.1) is 6.92 Å². The van der Waals surface area contributed by atoms with E-state index in [1.54, 1.807) is 0 Å². The third-order valence-corrected chi connectivity index (χ3v) is 6.70. The van der Waals surface area contributed by atoms with Crippen LogP contribution in [-0.2, 0) is 4.74 Å². The average Bonchev–Trinajstić information content (AvgIpc) is 3.17. The van der Waals surface area contributed by atoms with Crippen molar-refractivity contribution in [2.45, 2.75) is 33.1 Å². The number of rotatable bonds is 7. The summed E-state index contributed by atoms with van der Waals surface area (Å²) in [6.07, 6.45) is 0.772. The van der Waals surface area contributed by atoms with Crippen molar-refractivity contribution in [3.63, 3.8) is 0 Å². The van der Waals surface area contributed by atoms with Crippen LogP contribution < -0.4 is 4.74 Å². The minimum atomic E-state index is -0.319. The van der Waals surface area contributed by atoms with Gasteiger partial charge in [-0.15, -0.1) is 0 Å². The largest absolute Gasteiger partial charge is 0.493 e. The first kappa shape index (κ1) is 21.4. The lowest BCUT2D eigenvalue weighted by atomic mass is 9.94. The number of carbonyl (C=O) groups is 1. The van der Waals surface area contributed by atoms with Gasteiger partial charge in [0.2, 0.25) is 0 Å². The highest BCUT2D eigenvalue weighted by atomic mass is 79.9. The Hall–Kier alpha value is -2.79. The molecule has 0 saturated heterocycles. The summed E-state index contributed by atoms with van der Waals surface area (Å²) in [6, 6.07) is 18.5. The van der Waals surface area contributed by atoms with Crippen LogP contribution in [0.5, 0.6) is 5.75 Å². The molecule has 0 fully saturated rings. The number of fused-ring (bicyclic) bond motifs is 2. The fraction of sp³-hybridized carbons (Fsp3) is 0.269. The van der Waals surface area contributed by atoms with Gasteiger partial charge in [0, 0.05) is 15.2 Å². The monoisotopic (exact) mass is 479 g/mol. The van der Waals surface area contributed by atoms with E-state index in [2.05, 4.69) is 58.2 Å². The Kier molecular flexibility index (Phi) is 6.33. The van der Waals surface area contributed by atoms with Crippen LogP contribution in [0.3, 0.4) is 0 Å². The molecule has 1 atom stereocenters. The Morgan fingerprint density at radius 3 is 2.65 bits per heavy atom. The van der Waals surface area contributed by atoms with Crippen molar-refractivity contribution >= 4 is 43.6 Å². The molecule has 0 spiro atoms. The number of aromatic amines is 1. The number of hydrogen-bond acceptors (Lipinski definition) is 3. The zero-order chi connectivity index (χ0) is 22.0. The molecule has 1 N–H and O–H groups in total. The van der Waals surface area contributed by atoms with E-state index in [0.29, 0.717) is 18.9 Å². The second kappa shape index (κ2) is 9.15. The van der Waals surface area contributed by atoms with Gasteiger partial charge >= 0.3 is 5.97 Å². The van der Waals surface area contributed by atoms with E-state index in [9.17, 15) is 4.79 Å². The number of halogens is 1. The minimum Gasteiger partial charge on any atom is -0.493 e. The normalized spacial score (nSPS) is 12.3. The number of nitrogens with one attached hydrogen (secondary N) is 1. The molecule has 1 unspecified atom stereocenters. The second-order valence-corrected chi connectivity index (χ2v) is 8.56. The maximum Gasteiger partial charge on any atom is 0.355 e. The number of carbonyl (C=O) groups excluding carboxylic acids is 1. The lowest BCUT2D eigenvalue weighted by Crippen LogP contribution is -2.11. The smallest absolute Gasteiger partial charge is 0.355 e. The highest BCUT2D eigenvalue weighted by Gasteiger charge is 2.24. The number of H-pyrrole nitrogens is 1. The molecule has 4 rings (SSSR count). The lowest BCUT2D eigenvalue weighted by molar-refractivity contribution is 0.0518. The number of hydrogen-bond donors (Lipinski definition) is 1. The summed E-state index contributed by atoms with van der Waals surface area (Å²) >= 11 is 3.66. The number of esters is 1. The van der Waals surface area contributed by atoms with Gasteiger partial charge in [0.05, 0.1) is 18.7 Å². The van der Waals surface area contributed by atoms with Crippen molar-refractivity contribution < 1.29 is 14.3 Å². The number of ether oxygens (including phenoxy) is 2. The zero-order valence-corrected chi connectivity index (χ0v) is 19.6. The Morgan fingerprint density at radius 1 is 1.06 bits per heavy atom. The first-order valence-corrected chi connectivity index (χ1v) is 11.4. The predicted octanol–water partition coefficient (Wildman–Crippen LogP) is 7.14. The van der Waals surface area contributed by atoms with E-state index in [4.69, 9.17) is 9.47 Å². The molecule has 0 aliphatic heterocycles. The zero-order valence-electron chi connectivity index (χ0n) is 18.0. The molecule has 0 bridgehead atoms. The quantitative estimate of drug-likeness (QED) is 0.286. The summed E-state index contributed by atoms with van der Waals surface area (Å²) in [6.45, 7) is 6.88. The van der Waals surface area contributed by atoms with Gasteiger partial charge in [-0.1, -0.05) is 55.5 Å². The Morgan fingerprint density at radius 2 is 1.84 bits per heavy atom. The molecule has 4 nitrogen and oxygen atoms in total. The molecule has 0 radical (unpaired) electrons. The van der Waals surface area contributed by atoms with Crippen LogP contribution in [0.25, 0.3) is 21.7 Å². The standard InChI is InChI=1S/C26H26BrNO3/c1-4-30-26(29)25-22(20-13-12-17(3)23(27)24(20)28-25)16(2)14-15-31-21-11-7-9-18-8-5-6-10-19(18)21/h5-13,16,28H,4,14-15H2,1-3H3. The molecule has 5 heteroatoms. The van der Waals surface area contributed by atoms with Gasteiger partial charge in [0.1, 0.15) is 11.4 Å². The number of benzene rings is 3. The van der Waals surface area contributed by atoms with Crippen molar-refractivity contribution in [3.8, 4) is 5.75 Å². The highest BCUT2D eigenvalue weighted by molar-refractivity contribution is 9.10. The topological polar surface area (TPSA) is 51.3 Å². The third kappa shape index (κ3) is 4.19. The maximum atomic E-state index is 12.7. The molecule has 0 aliphatic rings. The van der Waals surface area contributed by atoms with E-state index in [1.165, 1.54) is 0 Å². The van der Waals surface area contributed by atoms with Crippen LogP contribution in [0.2, 0.25) is 0 Å². The fourth-order valence-corrected chi connectivity index (χ4v) is 4.49. The van der Waals surface area contributed by atoms with E-state index in [-0.39, 0.29) is 11.9 Å². The van der Waals surface area contributed by atoms with Crippen LogP contribution in [-0.4, -0.2) is 24.2 Å². The molecule has 160 valence electrons.